The van der Waals surface area contributed by atoms with E-state index >= 15 is 0 Å². The van der Waals surface area contributed by atoms with Gasteiger partial charge in [0.05, 0.1) is 0 Å². The molecule has 20 heavy (non-hydrogen) atoms. The van der Waals surface area contributed by atoms with Gasteiger partial charge in [-0.2, -0.15) is 0 Å². The summed E-state index contributed by atoms with van der Waals surface area (Å²) in [5.41, 5.74) is 0.387. The van der Waals surface area contributed by atoms with E-state index in [1.165, 1.54) is 19.3 Å². The maximum Gasteiger partial charge on any atom is 0.271 e. The Kier molecular flexibility index (Phi) is 5.32. The molecule has 1 aromatic rings. The predicted octanol–water partition coefficient (Wildman–Crippen LogP) is 2.46. The van der Waals surface area contributed by atoms with Gasteiger partial charge in [-0.25, -0.2) is 0 Å². The molecule has 1 aliphatic rings. The molecule has 2 N–H and O–H groups in total. The molecule has 1 fully saturated rings. The average molecular weight is 276 g/mol. The van der Waals surface area contributed by atoms with Gasteiger partial charge in [0.15, 0.2) is 5.69 Å². The van der Waals surface area contributed by atoms with Crippen molar-refractivity contribution < 1.29 is 4.79 Å². The summed E-state index contributed by atoms with van der Waals surface area (Å²) in [4.78, 5) is 12.0. The minimum atomic E-state index is -0.126. The summed E-state index contributed by atoms with van der Waals surface area (Å²) in [7, 11) is 0. The van der Waals surface area contributed by atoms with Gasteiger partial charge >= 0.3 is 0 Å². The maximum atomic E-state index is 12.0. The minimum Gasteiger partial charge on any atom is -0.369 e. The van der Waals surface area contributed by atoms with Crippen molar-refractivity contribution in [3.05, 3.63) is 17.8 Å². The van der Waals surface area contributed by atoms with Crippen LogP contribution in [0.2, 0.25) is 0 Å². The largest absolute Gasteiger partial charge is 0.369 e. The van der Waals surface area contributed by atoms with E-state index in [4.69, 9.17) is 0 Å². The predicted molar refractivity (Wildman–Crippen MR) is 79.7 cm³/mol. The molecule has 5 nitrogen and oxygen atoms in total. The fraction of sp³-hybridized carbons (Fsp3) is 0.667. The summed E-state index contributed by atoms with van der Waals surface area (Å²) in [6.45, 7) is 5.96. The molecule has 0 aromatic carbocycles. The Morgan fingerprint density at radius 3 is 2.80 bits per heavy atom. The van der Waals surface area contributed by atoms with Crippen molar-refractivity contribution in [1.82, 2.24) is 15.5 Å². The highest BCUT2D eigenvalue weighted by atomic mass is 16.1. The SMILES string of the molecule is CCCNc1ccc(C(=O)NCC2CCCC2C)nn1. The zero-order valence-electron chi connectivity index (χ0n) is 12.4. The second kappa shape index (κ2) is 7.22. The van der Waals surface area contributed by atoms with E-state index in [1.807, 2.05) is 0 Å². The monoisotopic (exact) mass is 276 g/mol. The summed E-state index contributed by atoms with van der Waals surface area (Å²) in [6, 6.07) is 3.52. The van der Waals surface area contributed by atoms with E-state index in [9.17, 15) is 4.79 Å². The molecule has 2 rings (SSSR count). The molecule has 5 heteroatoms. The number of hydrogen-bond donors (Lipinski definition) is 2. The number of carbonyl (C=O) groups is 1. The molecule has 0 spiro atoms. The van der Waals surface area contributed by atoms with Crippen LogP contribution >= 0.6 is 0 Å². The lowest BCUT2D eigenvalue weighted by atomic mass is 9.98. The van der Waals surface area contributed by atoms with Gasteiger partial charge in [0, 0.05) is 13.1 Å². The van der Waals surface area contributed by atoms with Crippen LogP contribution in [-0.4, -0.2) is 29.2 Å². The van der Waals surface area contributed by atoms with Gasteiger partial charge in [0.25, 0.3) is 5.91 Å². The highest BCUT2D eigenvalue weighted by Gasteiger charge is 2.23. The highest BCUT2D eigenvalue weighted by Crippen LogP contribution is 2.30. The van der Waals surface area contributed by atoms with Crippen molar-refractivity contribution in [2.24, 2.45) is 11.8 Å². The molecule has 1 amide bonds. The number of rotatable bonds is 6. The maximum absolute atomic E-state index is 12.0. The Balaban J connectivity index is 1.82. The van der Waals surface area contributed by atoms with Crippen LogP contribution in [0.3, 0.4) is 0 Å². The molecule has 1 aliphatic carbocycles. The molecule has 0 radical (unpaired) electrons. The molecule has 1 aromatic heterocycles. The van der Waals surface area contributed by atoms with Crippen molar-refractivity contribution >= 4 is 11.7 Å². The minimum absolute atomic E-state index is 0.126. The van der Waals surface area contributed by atoms with E-state index < -0.39 is 0 Å². The van der Waals surface area contributed by atoms with Crippen LogP contribution in [0, 0.1) is 11.8 Å². The molecule has 1 heterocycles. The Bertz CT molecular complexity index is 432. The Morgan fingerprint density at radius 2 is 2.20 bits per heavy atom. The third-order valence-corrected chi connectivity index (χ3v) is 4.02. The van der Waals surface area contributed by atoms with Gasteiger partial charge in [-0.1, -0.05) is 26.7 Å². The number of anilines is 1. The van der Waals surface area contributed by atoms with Crippen molar-refractivity contribution in [2.45, 2.75) is 39.5 Å². The highest BCUT2D eigenvalue weighted by molar-refractivity contribution is 5.92. The lowest BCUT2D eigenvalue weighted by molar-refractivity contribution is 0.0938. The zero-order valence-corrected chi connectivity index (χ0v) is 12.4. The number of carbonyl (C=O) groups excluding carboxylic acids is 1. The van der Waals surface area contributed by atoms with E-state index in [0.29, 0.717) is 23.3 Å². The molecule has 110 valence electrons. The van der Waals surface area contributed by atoms with E-state index in [2.05, 4.69) is 34.7 Å². The second-order valence-corrected chi connectivity index (χ2v) is 5.61. The van der Waals surface area contributed by atoms with Crippen molar-refractivity contribution in [1.29, 1.82) is 0 Å². The summed E-state index contributed by atoms with van der Waals surface area (Å²) >= 11 is 0. The summed E-state index contributed by atoms with van der Waals surface area (Å²) < 4.78 is 0. The molecular formula is C15H24N4O. The van der Waals surface area contributed by atoms with Crippen LogP contribution in [0.25, 0.3) is 0 Å². The molecule has 2 atom stereocenters. The van der Waals surface area contributed by atoms with E-state index in [1.54, 1.807) is 12.1 Å². The summed E-state index contributed by atoms with van der Waals surface area (Å²) in [5, 5.41) is 14.1. The van der Waals surface area contributed by atoms with Crippen LogP contribution in [0.4, 0.5) is 5.82 Å². The van der Waals surface area contributed by atoms with Crippen LogP contribution < -0.4 is 10.6 Å². The molecule has 0 bridgehead atoms. The van der Waals surface area contributed by atoms with Crippen LogP contribution in [0.15, 0.2) is 12.1 Å². The number of hydrogen-bond acceptors (Lipinski definition) is 4. The van der Waals surface area contributed by atoms with Gasteiger partial charge in [-0.05, 0) is 36.8 Å². The quantitative estimate of drug-likeness (QED) is 0.837. The molecule has 2 unspecified atom stereocenters. The zero-order chi connectivity index (χ0) is 14.4. The first-order chi connectivity index (χ1) is 9.70. The molecular weight excluding hydrogens is 252 g/mol. The van der Waals surface area contributed by atoms with Gasteiger partial charge in [0.1, 0.15) is 5.82 Å². The number of amides is 1. The summed E-state index contributed by atoms with van der Waals surface area (Å²) in [6.07, 6.45) is 4.80. The van der Waals surface area contributed by atoms with Gasteiger partial charge < -0.3 is 10.6 Å². The molecule has 0 aliphatic heterocycles. The normalized spacial score (nSPS) is 21.7. The smallest absolute Gasteiger partial charge is 0.271 e. The lowest BCUT2D eigenvalue weighted by Crippen LogP contribution is -2.31. The third-order valence-electron chi connectivity index (χ3n) is 4.02. The third kappa shape index (κ3) is 3.92. The van der Waals surface area contributed by atoms with Crippen molar-refractivity contribution in [3.63, 3.8) is 0 Å². The van der Waals surface area contributed by atoms with E-state index in [0.717, 1.165) is 19.5 Å². The van der Waals surface area contributed by atoms with Gasteiger partial charge in [0.2, 0.25) is 0 Å². The van der Waals surface area contributed by atoms with Crippen LogP contribution in [0.1, 0.15) is 50.0 Å². The van der Waals surface area contributed by atoms with Gasteiger partial charge in [-0.15, -0.1) is 10.2 Å². The van der Waals surface area contributed by atoms with E-state index in [-0.39, 0.29) is 5.91 Å². The summed E-state index contributed by atoms with van der Waals surface area (Å²) in [5.74, 6) is 1.91. The fourth-order valence-corrected chi connectivity index (χ4v) is 2.64. The Hall–Kier alpha value is -1.65. The first-order valence-electron chi connectivity index (χ1n) is 7.56. The van der Waals surface area contributed by atoms with Crippen molar-refractivity contribution in [2.75, 3.05) is 18.4 Å². The topological polar surface area (TPSA) is 66.9 Å². The molecule has 0 saturated heterocycles. The fourth-order valence-electron chi connectivity index (χ4n) is 2.64. The van der Waals surface area contributed by atoms with Gasteiger partial charge in [-0.3, -0.25) is 4.79 Å². The number of aromatic nitrogens is 2. The first-order valence-corrected chi connectivity index (χ1v) is 7.56. The first kappa shape index (κ1) is 14.8. The Labute approximate surface area is 120 Å². The van der Waals surface area contributed by atoms with Crippen LogP contribution in [0.5, 0.6) is 0 Å². The standard InChI is InChI=1S/C15H24N4O/c1-3-9-16-14-8-7-13(18-19-14)15(20)17-10-12-6-4-5-11(12)2/h7-8,11-12H,3-6,9-10H2,1-2H3,(H,16,19)(H,17,20). The molecule has 1 saturated carbocycles. The van der Waals surface area contributed by atoms with Crippen molar-refractivity contribution in [3.8, 4) is 0 Å². The lowest BCUT2D eigenvalue weighted by Gasteiger charge is -2.15. The number of nitrogens with one attached hydrogen (secondary N) is 2. The average Bonchev–Trinajstić information content (AvgIpc) is 2.88. The Morgan fingerprint density at radius 1 is 1.35 bits per heavy atom. The van der Waals surface area contributed by atoms with Crippen LogP contribution in [-0.2, 0) is 0 Å². The number of nitrogens with zero attached hydrogens (tertiary/aromatic N) is 2. The second-order valence-electron chi connectivity index (χ2n) is 5.61.